The van der Waals surface area contributed by atoms with Crippen LogP contribution in [-0.4, -0.2) is 23.3 Å². The summed E-state index contributed by atoms with van der Waals surface area (Å²) in [6.07, 6.45) is 5.00. The second-order valence-electron chi connectivity index (χ2n) is 5.56. The highest BCUT2D eigenvalue weighted by molar-refractivity contribution is 6.42. The maximum Gasteiger partial charge on any atom is 0.354 e. The number of aliphatic carboxylic acids is 1. The molecule has 88 valence electrons. The third-order valence-electron chi connectivity index (χ3n) is 3.57. The summed E-state index contributed by atoms with van der Waals surface area (Å²) in [6.45, 7) is 5.19. The monoisotopic (exact) mass is 221 g/mol. The van der Waals surface area contributed by atoms with Crippen molar-refractivity contribution in [3.63, 3.8) is 0 Å². The van der Waals surface area contributed by atoms with E-state index in [4.69, 9.17) is 5.11 Å². The summed E-state index contributed by atoms with van der Waals surface area (Å²) in [4.78, 5) is 15.4. The Morgan fingerprint density at radius 2 is 2.12 bits per heavy atom. The second-order valence-corrected chi connectivity index (χ2v) is 5.56. The van der Waals surface area contributed by atoms with Gasteiger partial charge in [-0.3, -0.25) is 4.99 Å². The molecule has 0 fully saturated rings. The van der Waals surface area contributed by atoms with Gasteiger partial charge < -0.3 is 5.11 Å². The third kappa shape index (κ3) is 2.18. The van der Waals surface area contributed by atoms with Crippen LogP contribution in [0.4, 0.5) is 0 Å². The molecule has 1 heterocycles. The van der Waals surface area contributed by atoms with Gasteiger partial charge in [0.25, 0.3) is 0 Å². The number of rotatable bonds is 1. The van der Waals surface area contributed by atoms with E-state index in [2.05, 4.69) is 18.8 Å². The molecule has 0 unspecified atom stereocenters. The minimum atomic E-state index is -0.853. The molecule has 0 bridgehead atoms. The van der Waals surface area contributed by atoms with Crippen molar-refractivity contribution in [1.82, 2.24) is 0 Å². The van der Waals surface area contributed by atoms with Crippen LogP contribution in [0.1, 0.15) is 46.0 Å². The van der Waals surface area contributed by atoms with E-state index >= 15 is 0 Å². The van der Waals surface area contributed by atoms with Crippen LogP contribution in [0.3, 0.4) is 0 Å². The Morgan fingerprint density at radius 1 is 1.38 bits per heavy atom. The Balaban J connectivity index is 2.36. The molecule has 0 atom stereocenters. The summed E-state index contributed by atoms with van der Waals surface area (Å²) >= 11 is 0. The average Bonchev–Trinajstić information content (AvgIpc) is 2.37. The topological polar surface area (TPSA) is 49.7 Å². The normalized spacial score (nSPS) is 24.5. The van der Waals surface area contributed by atoms with E-state index in [1.165, 1.54) is 5.57 Å². The van der Waals surface area contributed by atoms with Crippen molar-refractivity contribution in [1.29, 1.82) is 0 Å². The van der Waals surface area contributed by atoms with Gasteiger partial charge in [0.1, 0.15) is 5.71 Å². The summed E-state index contributed by atoms with van der Waals surface area (Å²) in [5.41, 5.74) is 3.04. The van der Waals surface area contributed by atoms with Crippen molar-refractivity contribution >= 4 is 11.7 Å². The van der Waals surface area contributed by atoms with Gasteiger partial charge in [0.05, 0.1) is 0 Å². The molecule has 0 spiro atoms. The number of aliphatic imine (C=N–C) groups is 1. The van der Waals surface area contributed by atoms with Gasteiger partial charge in [-0.05, 0) is 43.1 Å². The number of hydrogen-bond donors (Lipinski definition) is 1. The quantitative estimate of drug-likeness (QED) is 0.740. The lowest BCUT2D eigenvalue weighted by molar-refractivity contribution is -0.129. The number of allylic oxidation sites excluding steroid dienone is 1. The minimum Gasteiger partial charge on any atom is -0.477 e. The molecule has 2 aliphatic rings. The van der Waals surface area contributed by atoms with Gasteiger partial charge in [-0.25, -0.2) is 4.79 Å². The summed E-state index contributed by atoms with van der Waals surface area (Å²) in [6, 6.07) is 0. The zero-order valence-corrected chi connectivity index (χ0v) is 10.0. The van der Waals surface area contributed by atoms with Gasteiger partial charge in [-0.15, -0.1) is 0 Å². The molecule has 3 heteroatoms. The number of hydrogen-bond acceptors (Lipinski definition) is 2. The van der Waals surface area contributed by atoms with E-state index in [0.29, 0.717) is 17.7 Å². The Labute approximate surface area is 96.3 Å². The van der Waals surface area contributed by atoms with Crippen molar-refractivity contribution in [3.8, 4) is 0 Å². The number of carboxylic acid groups (broad SMARTS) is 1. The Hall–Kier alpha value is -1.12. The molecule has 0 aromatic rings. The highest BCUT2D eigenvalue weighted by Gasteiger charge is 2.31. The molecule has 0 saturated heterocycles. The minimum absolute atomic E-state index is 0.326. The standard InChI is InChI=1S/C13H19NO2/c1-13(2)6-5-10-9(8-13)4-3-7-14-11(10)12(15)16/h3-8H2,1-2H3,(H,15,16). The van der Waals surface area contributed by atoms with E-state index in [9.17, 15) is 4.79 Å². The maximum absolute atomic E-state index is 11.2. The van der Waals surface area contributed by atoms with Crippen molar-refractivity contribution in [2.45, 2.75) is 46.0 Å². The van der Waals surface area contributed by atoms with Gasteiger partial charge in [0.2, 0.25) is 0 Å². The lowest BCUT2D eigenvalue weighted by atomic mass is 9.72. The van der Waals surface area contributed by atoms with Crippen LogP contribution >= 0.6 is 0 Å². The Morgan fingerprint density at radius 3 is 2.81 bits per heavy atom. The summed E-state index contributed by atoms with van der Waals surface area (Å²) < 4.78 is 0. The maximum atomic E-state index is 11.2. The fourth-order valence-corrected chi connectivity index (χ4v) is 2.71. The molecule has 1 aliphatic heterocycles. The smallest absolute Gasteiger partial charge is 0.354 e. The molecular formula is C13H19NO2. The van der Waals surface area contributed by atoms with Crippen LogP contribution in [0.25, 0.3) is 0 Å². The fourth-order valence-electron chi connectivity index (χ4n) is 2.71. The second kappa shape index (κ2) is 4.04. The van der Waals surface area contributed by atoms with E-state index in [-0.39, 0.29) is 0 Å². The fraction of sp³-hybridized carbons (Fsp3) is 0.692. The van der Waals surface area contributed by atoms with Gasteiger partial charge >= 0.3 is 5.97 Å². The lowest BCUT2D eigenvalue weighted by Gasteiger charge is -2.32. The van der Waals surface area contributed by atoms with Gasteiger partial charge in [-0.2, -0.15) is 0 Å². The first-order valence-electron chi connectivity index (χ1n) is 5.99. The molecule has 0 saturated carbocycles. The van der Waals surface area contributed by atoms with Crippen molar-refractivity contribution < 1.29 is 9.90 Å². The first-order valence-corrected chi connectivity index (χ1v) is 5.99. The van der Waals surface area contributed by atoms with Crippen molar-refractivity contribution in [2.24, 2.45) is 10.4 Å². The van der Waals surface area contributed by atoms with Crippen LogP contribution in [0.5, 0.6) is 0 Å². The number of carboxylic acids is 1. The summed E-state index contributed by atoms with van der Waals surface area (Å²) in [5.74, 6) is -0.853. The van der Waals surface area contributed by atoms with Crippen molar-refractivity contribution in [3.05, 3.63) is 11.1 Å². The molecule has 0 aromatic carbocycles. The van der Waals surface area contributed by atoms with E-state index in [1.807, 2.05) is 0 Å². The average molecular weight is 221 g/mol. The number of carbonyl (C=O) groups is 1. The SMILES string of the molecule is CC1(C)CCC2=C(CCCN=C2C(=O)O)C1. The molecule has 3 nitrogen and oxygen atoms in total. The number of nitrogens with zero attached hydrogens (tertiary/aromatic N) is 1. The lowest BCUT2D eigenvalue weighted by Crippen LogP contribution is -2.24. The van der Waals surface area contributed by atoms with E-state index < -0.39 is 5.97 Å². The van der Waals surface area contributed by atoms with Crippen LogP contribution in [0.15, 0.2) is 16.1 Å². The molecule has 2 rings (SSSR count). The van der Waals surface area contributed by atoms with E-state index in [0.717, 1.165) is 37.7 Å². The van der Waals surface area contributed by atoms with Crippen molar-refractivity contribution in [2.75, 3.05) is 6.54 Å². The first kappa shape index (κ1) is 11.4. The molecule has 0 aromatic heterocycles. The first-order chi connectivity index (χ1) is 7.49. The molecular weight excluding hydrogens is 202 g/mol. The summed E-state index contributed by atoms with van der Waals surface area (Å²) in [7, 11) is 0. The highest BCUT2D eigenvalue weighted by atomic mass is 16.4. The van der Waals surface area contributed by atoms with Crippen LogP contribution in [0.2, 0.25) is 0 Å². The van der Waals surface area contributed by atoms with Crippen LogP contribution < -0.4 is 0 Å². The Bertz CT molecular complexity index is 377. The molecule has 16 heavy (non-hydrogen) atoms. The molecule has 1 N–H and O–H groups in total. The van der Waals surface area contributed by atoms with Crippen LogP contribution in [0, 0.1) is 5.41 Å². The van der Waals surface area contributed by atoms with Gasteiger partial charge in [0.15, 0.2) is 0 Å². The van der Waals surface area contributed by atoms with Gasteiger partial charge in [0, 0.05) is 6.54 Å². The predicted molar refractivity (Wildman–Crippen MR) is 63.8 cm³/mol. The molecule has 0 amide bonds. The molecule has 0 radical (unpaired) electrons. The van der Waals surface area contributed by atoms with E-state index in [1.54, 1.807) is 0 Å². The highest BCUT2D eigenvalue weighted by Crippen LogP contribution is 2.41. The van der Waals surface area contributed by atoms with Gasteiger partial charge in [-0.1, -0.05) is 19.4 Å². The zero-order chi connectivity index (χ0) is 11.8. The predicted octanol–water partition coefficient (Wildman–Crippen LogP) is 2.81. The zero-order valence-electron chi connectivity index (χ0n) is 10.0. The summed E-state index contributed by atoms with van der Waals surface area (Å²) in [5, 5.41) is 9.17. The van der Waals surface area contributed by atoms with Crippen LogP contribution in [-0.2, 0) is 4.79 Å². The molecule has 1 aliphatic carbocycles. The third-order valence-corrected chi connectivity index (χ3v) is 3.57. The Kier molecular flexibility index (Phi) is 2.87. The largest absolute Gasteiger partial charge is 0.477 e.